The van der Waals surface area contributed by atoms with Crippen molar-refractivity contribution in [2.24, 2.45) is 5.73 Å². The predicted octanol–water partition coefficient (Wildman–Crippen LogP) is 1.26. The Morgan fingerprint density at radius 2 is 1.45 bits per heavy atom. The van der Waals surface area contributed by atoms with Crippen LogP contribution in [0, 0.1) is 0 Å². The highest BCUT2D eigenvalue weighted by Crippen LogP contribution is 2.31. The molecule has 6 heteroatoms. The molecule has 0 unspecified atom stereocenters. The molecule has 1 aliphatic rings. The van der Waals surface area contributed by atoms with Crippen LogP contribution in [-0.2, 0) is 0 Å². The van der Waals surface area contributed by atoms with E-state index in [0.29, 0.717) is 0 Å². The number of primary amides is 1. The van der Waals surface area contributed by atoms with Crippen LogP contribution < -0.4 is 5.73 Å². The molecule has 0 spiro atoms. The monoisotopic (exact) mass is 295 g/mol. The fraction of sp³-hybridized carbons (Fsp3) is 0. The van der Waals surface area contributed by atoms with Gasteiger partial charge in [-0.3, -0.25) is 14.4 Å². The first kappa shape index (κ1) is 13.7. The van der Waals surface area contributed by atoms with Crippen LogP contribution in [0.3, 0.4) is 0 Å². The molecule has 3 N–H and O–H groups in total. The highest BCUT2D eigenvalue weighted by molar-refractivity contribution is 6.31. The van der Waals surface area contributed by atoms with Gasteiger partial charge in [-0.05, 0) is 12.1 Å². The summed E-state index contributed by atoms with van der Waals surface area (Å²) in [4.78, 5) is 48.0. The lowest BCUT2D eigenvalue weighted by atomic mass is 9.80. The van der Waals surface area contributed by atoms with E-state index in [1.807, 2.05) is 0 Å². The summed E-state index contributed by atoms with van der Waals surface area (Å²) in [6.07, 6.45) is 0. The molecule has 0 aromatic heterocycles. The lowest BCUT2D eigenvalue weighted by Crippen LogP contribution is -2.28. The van der Waals surface area contributed by atoms with Crippen LogP contribution in [0.25, 0.3) is 0 Å². The van der Waals surface area contributed by atoms with E-state index in [4.69, 9.17) is 10.8 Å². The molecule has 6 nitrogen and oxygen atoms in total. The zero-order valence-corrected chi connectivity index (χ0v) is 11.1. The minimum Gasteiger partial charge on any atom is -0.478 e. The third-order valence-electron chi connectivity index (χ3n) is 3.57. The Morgan fingerprint density at radius 1 is 0.864 bits per heavy atom. The standard InChI is InChI=1S/C16H9NO5/c17-15(20)12-10(16(21)22)6-5-9-11(12)14(19)8-4-2-1-3-7(8)13(9)18/h1-6H,(H2,17,20)(H,21,22). The summed E-state index contributed by atoms with van der Waals surface area (Å²) in [6, 6.07) is 8.52. The van der Waals surface area contributed by atoms with Gasteiger partial charge in [0.2, 0.25) is 5.91 Å². The molecule has 0 atom stereocenters. The number of ketones is 2. The topological polar surface area (TPSA) is 115 Å². The maximum Gasteiger partial charge on any atom is 0.336 e. The summed E-state index contributed by atoms with van der Waals surface area (Å²) in [7, 11) is 0. The van der Waals surface area contributed by atoms with Crippen LogP contribution >= 0.6 is 0 Å². The molecular weight excluding hydrogens is 286 g/mol. The third kappa shape index (κ3) is 1.74. The summed E-state index contributed by atoms with van der Waals surface area (Å²) < 4.78 is 0. The Labute approximate surface area is 124 Å². The summed E-state index contributed by atoms with van der Waals surface area (Å²) in [6.45, 7) is 0. The van der Waals surface area contributed by atoms with Crippen molar-refractivity contribution in [3.63, 3.8) is 0 Å². The van der Waals surface area contributed by atoms with Crippen LogP contribution in [0.5, 0.6) is 0 Å². The molecule has 0 heterocycles. The fourth-order valence-corrected chi connectivity index (χ4v) is 2.62. The van der Waals surface area contributed by atoms with Gasteiger partial charge in [-0.25, -0.2) is 4.79 Å². The van der Waals surface area contributed by atoms with Gasteiger partial charge < -0.3 is 10.8 Å². The maximum atomic E-state index is 12.6. The molecule has 0 fully saturated rings. The van der Waals surface area contributed by atoms with Gasteiger partial charge in [0.25, 0.3) is 0 Å². The number of amides is 1. The number of carbonyl (C=O) groups excluding carboxylic acids is 3. The molecule has 1 amide bonds. The molecule has 0 aliphatic heterocycles. The van der Waals surface area contributed by atoms with Crippen molar-refractivity contribution in [1.29, 1.82) is 0 Å². The first-order valence-corrected chi connectivity index (χ1v) is 6.32. The molecule has 0 saturated carbocycles. The van der Waals surface area contributed by atoms with Crippen LogP contribution in [0.2, 0.25) is 0 Å². The van der Waals surface area contributed by atoms with Gasteiger partial charge in [0.15, 0.2) is 11.6 Å². The molecular formula is C16H9NO5. The molecule has 3 rings (SSSR count). The summed E-state index contributed by atoms with van der Waals surface area (Å²) in [5, 5.41) is 9.16. The average molecular weight is 295 g/mol. The van der Waals surface area contributed by atoms with Gasteiger partial charge in [0.1, 0.15) is 0 Å². The smallest absolute Gasteiger partial charge is 0.336 e. The summed E-state index contributed by atoms with van der Waals surface area (Å²) in [5.74, 6) is -3.47. The number of nitrogens with two attached hydrogens (primary N) is 1. The Balaban J connectivity index is 2.41. The first-order valence-electron chi connectivity index (χ1n) is 6.32. The number of carbonyl (C=O) groups is 4. The highest BCUT2D eigenvalue weighted by atomic mass is 16.4. The van der Waals surface area contributed by atoms with Crippen molar-refractivity contribution >= 4 is 23.4 Å². The number of rotatable bonds is 2. The number of benzene rings is 2. The number of hydrogen-bond donors (Lipinski definition) is 2. The fourth-order valence-electron chi connectivity index (χ4n) is 2.62. The van der Waals surface area contributed by atoms with Crippen LogP contribution in [0.15, 0.2) is 36.4 Å². The largest absolute Gasteiger partial charge is 0.478 e. The van der Waals surface area contributed by atoms with Crippen LogP contribution in [0.4, 0.5) is 0 Å². The van der Waals surface area contributed by atoms with Crippen LogP contribution in [0.1, 0.15) is 52.6 Å². The second kappa shape index (κ2) is 4.63. The molecule has 0 bridgehead atoms. The minimum atomic E-state index is -1.39. The van der Waals surface area contributed by atoms with E-state index in [1.165, 1.54) is 18.2 Å². The SMILES string of the molecule is NC(=O)c1c(C(=O)O)ccc2c1C(=O)c1ccccc1C2=O. The van der Waals surface area contributed by atoms with E-state index < -0.39 is 34.6 Å². The summed E-state index contributed by atoms with van der Waals surface area (Å²) >= 11 is 0. The predicted molar refractivity (Wildman–Crippen MR) is 75.2 cm³/mol. The van der Waals surface area contributed by atoms with Gasteiger partial charge in [-0.15, -0.1) is 0 Å². The minimum absolute atomic E-state index is 0.0116. The zero-order chi connectivity index (χ0) is 16.0. The second-order valence-electron chi connectivity index (χ2n) is 4.78. The number of fused-ring (bicyclic) bond motifs is 2. The maximum absolute atomic E-state index is 12.6. The Morgan fingerprint density at radius 3 is 2.00 bits per heavy atom. The van der Waals surface area contributed by atoms with E-state index in [0.717, 1.165) is 6.07 Å². The third-order valence-corrected chi connectivity index (χ3v) is 3.57. The van der Waals surface area contributed by atoms with Gasteiger partial charge >= 0.3 is 5.97 Å². The number of hydrogen-bond acceptors (Lipinski definition) is 4. The normalized spacial score (nSPS) is 12.5. The Kier molecular flexibility index (Phi) is 2.88. The lowest BCUT2D eigenvalue weighted by Gasteiger charge is -2.20. The van der Waals surface area contributed by atoms with Crippen LogP contribution in [-0.4, -0.2) is 28.5 Å². The number of aromatic carboxylic acids is 1. The summed E-state index contributed by atoms with van der Waals surface area (Å²) in [5.41, 5.74) is 4.51. The first-order chi connectivity index (χ1) is 10.4. The lowest BCUT2D eigenvalue weighted by molar-refractivity contribution is 0.0691. The molecule has 108 valence electrons. The number of carboxylic acids is 1. The molecule has 2 aromatic rings. The molecule has 0 radical (unpaired) electrons. The van der Waals surface area contributed by atoms with Gasteiger partial charge in [0, 0.05) is 22.3 Å². The quantitative estimate of drug-likeness (QED) is 0.738. The van der Waals surface area contributed by atoms with Crippen molar-refractivity contribution in [2.75, 3.05) is 0 Å². The van der Waals surface area contributed by atoms with Crippen molar-refractivity contribution in [3.05, 3.63) is 69.8 Å². The zero-order valence-electron chi connectivity index (χ0n) is 11.1. The highest BCUT2D eigenvalue weighted by Gasteiger charge is 2.34. The number of carboxylic acid groups (broad SMARTS) is 1. The second-order valence-corrected chi connectivity index (χ2v) is 4.78. The van der Waals surface area contributed by atoms with Gasteiger partial charge in [0.05, 0.1) is 11.1 Å². The van der Waals surface area contributed by atoms with Gasteiger partial charge in [-0.1, -0.05) is 24.3 Å². The van der Waals surface area contributed by atoms with Crippen molar-refractivity contribution < 1.29 is 24.3 Å². The van der Waals surface area contributed by atoms with Gasteiger partial charge in [-0.2, -0.15) is 0 Å². The van der Waals surface area contributed by atoms with E-state index in [2.05, 4.69) is 0 Å². The molecule has 0 saturated heterocycles. The molecule has 22 heavy (non-hydrogen) atoms. The Hall–Kier alpha value is -3.28. The van der Waals surface area contributed by atoms with Crippen molar-refractivity contribution in [1.82, 2.24) is 0 Å². The van der Waals surface area contributed by atoms with Crippen molar-refractivity contribution in [3.8, 4) is 0 Å². The van der Waals surface area contributed by atoms with Crippen molar-refractivity contribution in [2.45, 2.75) is 0 Å². The molecule has 1 aliphatic carbocycles. The van der Waals surface area contributed by atoms with E-state index in [9.17, 15) is 19.2 Å². The average Bonchev–Trinajstić information content (AvgIpc) is 2.51. The van der Waals surface area contributed by atoms with E-state index >= 15 is 0 Å². The molecule has 2 aromatic carbocycles. The Bertz CT molecular complexity index is 882. The van der Waals surface area contributed by atoms with E-state index in [-0.39, 0.29) is 22.3 Å². The van der Waals surface area contributed by atoms with E-state index in [1.54, 1.807) is 12.1 Å².